The Kier molecular flexibility index (Phi) is 5.29. The zero-order valence-corrected chi connectivity index (χ0v) is 13.1. The highest BCUT2D eigenvalue weighted by Gasteiger charge is 2.09. The Balaban J connectivity index is 1.84. The molecule has 0 unspecified atom stereocenters. The van der Waals surface area contributed by atoms with E-state index in [1.165, 1.54) is 11.3 Å². The maximum atomic E-state index is 11.7. The number of anilines is 1. The van der Waals surface area contributed by atoms with Crippen molar-refractivity contribution >= 4 is 44.3 Å². The second-order valence-corrected chi connectivity index (χ2v) is 5.78. The Morgan fingerprint density at radius 1 is 1.43 bits per heavy atom. The molecule has 1 amide bonds. The number of aliphatic carboxylic acids is 1. The summed E-state index contributed by atoms with van der Waals surface area (Å²) in [6.45, 7) is -0.149. The smallest absolute Gasteiger partial charge is 0.309 e. The van der Waals surface area contributed by atoms with Crippen molar-refractivity contribution in [2.24, 2.45) is 0 Å². The fourth-order valence-corrected chi connectivity index (χ4v) is 2.57. The van der Waals surface area contributed by atoms with Crippen molar-refractivity contribution < 1.29 is 19.4 Å². The molecule has 6 nitrogen and oxygen atoms in total. The van der Waals surface area contributed by atoms with Crippen LogP contribution in [0, 0.1) is 0 Å². The van der Waals surface area contributed by atoms with Crippen molar-refractivity contribution in [2.75, 3.05) is 11.9 Å². The van der Waals surface area contributed by atoms with Crippen molar-refractivity contribution in [1.82, 2.24) is 4.98 Å². The lowest BCUT2D eigenvalue weighted by atomic mass is 10.3. The Labute approximate surface area is 132 Å². The number of carboxylic acids is 1. The fraction of sp³-hybridized carbons (Fsp3) is 0.154. The molecule has 1 aromatic carbocycles. The number of carboxylic acid groups (broad SMARTS) is 1. The van der Waals surface area contributed by atoms with E-state index in [2.05, 4.69) is 26.2 Å². The standard InChI is InChI=1S/C13H11BrN2O4S/c14-8-2-1-3-10(4-8)20-6-11(17)16-13-15-9(7-21-13)5-12(18)19/h1-4,7H,5-6H2,(H,18,19)(H,15,16,17). The number of aromatic nitrogens is 1. The van der Waals surface area contributed by atoms with Crippen LogP contribution in [0.1, 0.15) is 5.69 Å². The van der Waals surface area contributed by atoms with Gasteiger partial charge in [-0.05, 0) is 18.2 Å². The van der Waals surface area contributed by atoms with E-state index < -0.39 is 5.97 Å². The monoisotopic (exact) mass is 370 g/mol. The van der Waals surface area contributed by atoms with Crippen molar-refractivity contribution in [2.45, 2.75) is 6.42 Å². The number of halogens is 1. The molecule has 0 fully saturated rings. The summed E-state index contributed by atoms with van der Waals surface area (Å²) < 4.78 is 6.19. The molecule has 0 radical (unpaired) electrons. The SMILES string of the molecule is O=C(O)Cc1csc(NC(=O)COc2cccc(Br)c2)n1. The highest BCUT2D eigenvalue weighted by molar-refractivity contribution is 9.10. The van der Waals surface area contributed by atoms with Gasteiger partial charge in [-0.25, -0.2) is 4.98 Å². The predicted molar refractivity (Wildman–Crippen MR) is 81.7 cm³/mol. The quantitative estimate of drug-likeness (QED) is 0.815. The molecule has 2 N–H and O–H groups in total. The van der Waals surface area contributed by atoms with Crippen molar-refractivity contribution in [3.63, 3.8) is 0 Å². The van der Waals surface area contributed by atoms with Crippen LogP contribution in [0.15, 0.2) is 34.1 Å². The predicted octanol–water partition coefficient (Wildman–Crippen LogP) is 2.55. The summed E-state index contributed by atoms with van der Waals surface area (Å²) in [6.07, 6.45) is -0.166. The summed E-state index contributed by atoms with van der Waals surface area (Å²) in [7, 11) is 0. The minimum atomic E-state index is -0.962. The number of nitrogens with zero attached hydrogens (tertiary/aromatic N) is 1. The largest absolute Gasteiger partial charge is 0.484 e. The van der Waals surface area contributed by atoms with Gasteiger partial charge in [0.1, 0.15) is 5.75 Å². The number of ether oxygens (including phenoxy) is 1. The zero-order chi connectivity index (χ0) is 15.2. The zero-order valence-electron chi connectivity index (χ0n) is 10.7. The molecular weight excluding hydrogens is 360 g/mol. The third-order valence-electron chi connectivity index (χ3n) is 2.30. The van der Waals surface area contributed by atoms with E-state index in [4.69, 9.17) is 9.84 Å². The van der Waals surface area contributed by atoms with Gasteiger partial charge in [0, 0.05) is 9.85 Å². The molecule has 110 valence electrons. The van der Waals surface area contributed by atoms with Crippen LogP contribution in [-0.2, 0) is 16.0 Å². The maximum absolute atomic E-state index is 11.7. The first-order chi connectivity index (χ1) is 10.0. The molecule has 0 spiro atoms. The van der Waals surface area contributed by atoms with E-state index in [-0.39, 0.29) is 18.9 Å². The number of hydrogen-bond acceptors (Lipinski definition) is 5. The number of rotatable bonds is 6. The van der Waals surface area contributed by atoms with Gasteiger partial charge < -0.3 is 9.84 Å². The first-order valence-electron chi connectivity index (χ1n) is 5.87. The molecule has 2 aromatic rings. The van der Waals surface area contributed by atoms with Gasteiger partial charge in [0.25, 0.3) is 5.91 Å². The van der Waals surface area contributed by atoms with Crippen LogP contribution in [0.25, 0.3) is 0 Å². The average Bonchev–Trinajstić information content (AvgIpc) is 2.83. The molecular formula is C13H11BrN2O4S. The lowest BCUT2D eigenvalue weighted by molar-refractivity contribution is -0.136. The van der Waals surface area contributed by atoms with Crippen molar-refractivity contribution in [3.05, 3.63) is 39.8 Å². The summed E-state index contributed by atoms with van der Waals surface area (Å²) in [6, 6.07) is 7.15. The number of nitrogens with one attached hydrogen (secondary N) is 1. The second kappa shape index (κ2) is 7.19. The lowest BCUT2D eigenvalue weighted by Gasteiger charge is -2.05. The number of carbonyl (C=O) groups excluding carboxylic acids is 1. The molecule has 0 aliphatic rings. The summed E-state index contributed by atoms with van der Waals surface area (Å²) >= 11 is 4.48. The normalized spacial score (nSPS) is 10.1. The number of carbonyl (C=O) groups is 2. The van der Waals surface area contributed by atoms with Crippen LogP contribution in [0.3, 0.4) is 0 Å². The Morgan fingerprint density at radius 3 is 2.95 bits per heavy atom. The van der Waals surface area contributed by atoms with Crippen LogP contribution >= 0.6 is 27.3 Å². The molecule has 0 bridgehead atoms. The summed E-state index contributed by atoms with van der Waals surface area (Å²) in [5.41, 5.74) is 0.413. The van der Waals surface area contributed by atoms with E-state index >= 15 is 0 Å². The third-order valence-corrected chi connectivity index (χ3v) is 3.60. The molecule has 0 aliphatic carbocycles. The number of amides is 1. The van der Waals surface area contributed by atoms with Gasteiger partial charge in [0.15, 0.2) is 11.7 Å². The Morgan fingerprint density at radius 2 is 2.24 bits per heavy atom. The summed E-state index contributed by atoms with van der Waals surface area (Å²) in [5.74, 6) is -0.743. The van der Waals surface area contributed by atoms with Gasteiger partial charge in [-0.3, -0.25) is 14.9 Å². The molecule has 0 aliphatic heterocycles. The van der Waals surface area contributed by atoms with Crippen molar-refractivity contribution in [3.8, 4) is 5.75 Å². The maximum Gasteiger partial charge on any atom is 0.309 e. The fourth-order valence-electron chi connectivity index (χ4n) is 1.46. The van der Waals surface area contributed by atoms with Gasteiger partial charge in [-0.1, -0.05) is 22.0 Å². The van der Waals surface area contributed by atoms with Gasteiger partial charge in [-0.15, -0.1) is 11.3 Å². The van der Waals surface area contributed by atoms with Gasteiger partial charge in [-0.2, -0.15) is 0 Å². The summed E-state index contributed by atoms with van der Waals surface area (Å²) in [4.78, 5) is 26.2. The van der Waals surface area contributed by atoms with E-state index in [1.54, 1.807) is 23.6 Å². The molecule has 2 rings (SSSR count). The number of hydrogen-bond donors (Lipinski definition) is 2. The van der Waals surface area contributed by atoms with Crippen LogP contribution in [0.5, 0.6) is 5.75 Å². The van der Waals surface area contributed by atoms with E-state index in [9.17, 15) is 9.59 Å². The first-order valence-corrected chi connectivity index (χ1v) is 7.54. The average molecular weight is 371 g/mol. The van der Waals surface area contributed by atoms with E-state index in [1.807, 2.05) is 6.07 Å². The van der Waals surface area contributed by atoms with Crippen LogP contribution in [-0.4, -0.2) is 28.6 Å². The molecule has 1 aromatic heterocycles. The van der Waals surface area contributed by atoms with E-state index in [0.29, 0.717) is 16.6 Å². The molecule has 0 saturated heterocycles. The molecule has 8 heteroatoms. The van der Waals surface area contributed by atoms with Crippen LogP contribution in [0.4, 0.5) is 5.13 Å². The van der Waals surface area contributed by atoms with Crippen LogP contribution < -0.4 is 10.1 Å². The topological polar surface area (TPSA) is 88.5 Å². The lowest BCUT2D eigenvalue weighted by Crippen LogP contribution is -2.20. The number of thiazole rings is 1. The van der Waals surface area contributed by atoms with Gasteiger partial charge in [0.2, 0.25) is 0 Å². The van der Waals surface area contributed by atoms with Gasteiger partial charge in [0.05, 0.1) is 12.1 Å². The second-order valence-electron chi connectivity index (χ2n) is 4.01. The third kappa shape index (κ3) is 5.16. The Hall–Kier alpha value is -1.93. The highest BCUT2D eigenvalue weighted by Crippen LogP contribution is 2.18. The molecule has 0 atom stereocenters. The number of benzene rings is 1. The van der Waals surface area contributed by atoms with Crippen LogP contribution in [0.2, 0.25) is 0 Å². The van der Waals surface area contributed by atoms with Gasteiger partial charge >= 0.3 is 5.97 Å². The minimum Gasteiger partial charge on any atom is -0.484 e. The molecule has 1 heterocycles. The first kappa shape index (κ1) is 15.5. The van der Waals surface area contributed by atoms with E-state index in [0.717, 1.165) is 4.47 Å². The molecule has 0 saturated carbocycles. The van der Waals surface area contributed by atoms with Crippen molar-refractivity contribution in [1.29, 1.82) is 0 Å². The highest BCUT2D eigenvalue weighted by atomic mass is 79.9. The summed E-state index contributed by atoms with van der Waals surface area (Å²) in [5, 5.41) is 13.2. The molecule has 21 heavy (non-hydrogen) atoms. The Bertz CT molecular complexity index is 659. The minimum absolute atomic E-state index is 0.149.